The van der Waals surface area contributed by atoms with Gasteiger partial charge in [-0.05, 0) is 26.3 Å². The normalized spacial score (nSPS) is 16.4. The van der Waals surface area contributed by atoms with Crippen molar-refractivity contribution in [3.8, 4) is 5.75 Å². The van der Waals surface area contributed by atoms with Gasteiger partial charge in [0, 0.05) is 23.8 Å². The highest BCUT2D eigenvalue weighted by molar-refractivity contribution is 5.99. The van der Waals surface area contributed by atoms with Crippen molar-refractivity contribution in [1.29, 1.82) is 0 Å². The molecule has 2 heterocycles. The molecule has 3 heteroatoms. The van der Waals surface area contributed by atoms with Gasteiger partial charge in [-0.25, -0.2) is 0 Å². The van der Waals surface area contributed by atoms with Crippen molar-refractivity contribution >= 4 is 16.8 Å². The summed E-state index contributed by atoms with van der Waals surface area (Å²) in [6, 6.07) is 5.89. The average Bonchev–Trinajstić information content (AvgIpc) is 2.87. The summed E-state index contributed by atoms with van der Waals surface area (Å²) >= 11 is 0. The van der Waals surface area contributed by atoms with Crippen molar-refractivity contribution in [3.63, 3.8) is 0 Å². The average molecular weight is 258 g/mol. The highest BCUT2D eigenvalue weighted by Crippen LogP contribution is 2.41. The first kappa shape index (κ1) is 12.3. The highest BCUT2D eigenvalue weighted by Gasteiger charge is 2.32. The Labute approximate surface area is 112 Å². The van der Waals surface area contributed by atoms with Gasteiger partial charge in [-0.15, -0.1) is 0 Å². The van der Waals surface area contributed by atoms with Crippen molar-refractivity contribution in [3.05, 3.63) is 29.5 Å². The van der Waals surface area contributed by atoms with E-state index in [-0.39, 0.29) is 11.4 Å². The Morgan fingerprint density at radius 3 is 2.89 bits per heavy atom. The van der Waals surface area contributed by atoms with E-state index in [9.17, 15) is 4.79 Å². The number of furan rings is 1. The molecule has 0 spiro atoms. The van der Waals surface area contributed by atoms with E-state index in [4.69, 9.17) is 9.15 Å². The van der Waals surface area contributed by atoms with Gasteiger partial charge in [0.2, 0.25) is 0 Å². The van der Waals surface area contributed by atoms with Crippen LogP contribution in [0.3, 0.4) is 0 Å². The number of carbonyl (C=O) groups excluding carboxylic acids is 1. The van der Waals surface area contributed by atoms with E-state index in [1.807, 2.05) is 19.1 Å². The summed E-state index contributed by atoms with van der Waals surface area (Å²) in [4.78, 5) is 11.9. The van der Waals surface area contributed by atoms with Crippen LogP contribution >= 0.6 is 0 Å². The fourth-order valence-corrected chi connectivity index (χ4v) is 2.63. The second kappa shape index (κ2) is 4.12. The first-order valence-corrected chi connectivity index (χ1v) is 6.78. The summed E-state index contributed by atoms with van der Waals surface area (Å²) in [7, 11) is 0. The zero-order valence-electron chi connectivity index (χ0n) is 11.6. The number of carbonyl (C=O) groups is 1. The molecule has 0 bridgehead atoms. The lowest BCUT2D eigenvalue weighted by Gasteiger charge is -2.16. The number of Topliss-reactive ketones (excluding diaryl/α,β-unsaturated/α-hetero) is 1. The van der Waals surface area contributed by atoms with Crippen molar-refractivity contribution in [2.45, 2.75) is 45.6 Å². The maximum atomic E-state index is 11.9. The molecule has 0 atom stereocenters. The van der Waals surface area contributed by atoms with Crippen molar-refractivity contribution in [1.82, 2.24) is 0 Å². The molecule has 0 saturated heterocycles. The minimum atomic E-state index is -0.197. The standard InChI is InChI=1S/C16H18O3/c1-4-5-12(17)13-8-10-6-7-11-9-16(2,3)19-15(11)14(10)18-13/h6-8H,4-5,9H2,1-3H3. The molecule has 100 valence electrons. The van der Waals surface area contributed by atoms with Crippen LogP contribution in [0, 0.1) is 0 Å². The first-order chi connectivity index (χ1) is 9.00. The van der Waals surface area contributed by atoms with Gasteiger partial charge in [0.25, 0.3) is 0 Å². The highest BCUT2D eigenvalue weighted by atomic mass is 16.5. The van der Waals surface area contributed by atoms with Crippen LogP contribution < -0.4 is 4.74 Å². The molecule has 2 aromatic rings. The molecule has 3 nitrogen and oxygen atoms in total. The lowest BCUT2D eigenvalue weighted by molar-refractivity contribution is 0.0956. The number of hydrogen-bond donors (Lipinski definition) is 0. The Morgan fingerprint density at radius 2 is 2.16 bits per heavy atom. The molecule has 0 radical (unpaired) electrons. The van der Waals surface area contributed by atoms with Gasteiger partial charge in [-0.3, -0.25) is 4.79 Å². The van der Waals surface area contributed by atoms with Crippen LogP contribution in [0.15, 0.2) is 22.6 Å². The number of ketones is 1. The van der Waals surface area contributed by atoms with Gasteiger partial charge in [0.1, 0.15) is 5.60 Å². The van der Waals surface area contributed by atoms with E-state index in [0.717, 1.165) is 29.5 Å². The summed E-state index contributed by atoms with van der Waals surface area (Å²) < 4.78 is 11.7. The van der Waals surface area contributed by atoms with Crippen LogP contribution in [0.2, 0.25) is 0 Å². The van der Waals surface area contributed by atoms with Crippen LogP contribution in [-0.2, 0) is 6.42 Å². The summed E-state index contributed by atoms with van der Waals surface area (Å²) in [5, 5.41) is 0.941. The molecule has 0 N–H and O–H groups in total. The van der Waals surface area contributed by atoms with Crippen LogP contribution in [-0.4, -0.2) is 11.4 Å². The molecule has 0 amide bonds. The zero-order valence-corrected chi connectivity index (χ0v) is 11.6. The summed E-state index contributed by atoms with van der Waals surface area (Å²) in [5.74, 6) is 1.31. The van der Waals surface area contributed by atoms with Crippen molar-refractivity contribution in [2.75, 3.05) is 0 Å². The van der Waals surface area contributed by atoms with Gasteiger partial charge >= 0.3 is 0 Å². The smallest absolute Gasteiger partial charge is 0.198 e. The van der Waals surface area contributed by atoms with Crippen molar-refractivity contribution < 1.29 is 13.9 Å². The predicted molar refractivity (Wildman–Crippen MR) is 73.9 cm³/mol. The molecule has 1 aliphatic heterocycles. The Morgan fingerprint density at radius 1 is 1.37 bits per heavy atom. The minimum Gasteiger partial charge on any atom is -0.483 e. The molecule has 1 aromatic heterocycles. The molecule has 0 unspecified atom stereocenters. The van der Waals surface area contributed by atoms with E-state index in [1.54, 1.807) is 0 Å². The molecule has 19 heavy (non-hydrogen) atoms. The lowest BCUT2D eigenvalue weighted by atomic mass is 10.0. The van der Waals surface area contributed by atoms with E-state index in [0.29, 0.717) is 17.8 Å². The van der Waals surface area contributed by atoms with Gasteiger partial charge in [-0.1, -0.05) is 19.1 Å². The third-order valence-electron chi connectivity index (χ3n) is 3.47. The Hall–Kier alpha value is -1.77. The van der Waals surface area contributed by atoms with E-state index in [1.165, 1.54) is 0 Å². The van der Waals surface area contributed by atoms with Crippen LogP contribution in [0.5, 0.6) is 5.75 Å². The van der Waals surface area contributed by atoms with Crippen LogP contribution in [0.1, 0.15) is 49.7 Å². The maximum absolute atomic E-state index is 11.9. The molecule has 3 rings (SSSR count). The molecule has 1 aliphatic rings. The van der Waals surface area contributed by atoms with E-state index in [2.05, 4.69) is 19.9 Å². The lowest BCUT2D eigenvalue weighted by Crippen LogP contribution is -2.24. The monoisotopic (exact) mass is 258 g/mol. The third kappa shape index (κ3) is 2.03. The van der Waals surface area contributed by atoms with Crippen LogP contribution in [0.25, 0.3) is 11.0 Å². The Balaban J connectivity index is 2.08. The topological polar surface area (TPSA) is 39.4 Å². The van der Waals surface area contributed by atoms with Gasteiger partial charge < -0.3 is 9.15 Å². The quantitative estimate of drug-likeness (QED) is 0.777. The second-order valence-corrected chi connectivity index (χ2v) is 5.79. The van der Waals surface area contributed by atoms with Crippen LogP contribution in [0.4, 0.5) is 0 Å². The number of fused-ring (bicyclic) bond motifs is 3. The first-order valence-electron chi connectivity index (χ1n) is 6.78. The minimum absolute atomic E-state index is 0.0599. The summed E-state index contributed by atoms with van der Waals surface area (Å²) in [6.07, 6.45) is 2.23. The predicted octanol–water partition coefficient (Wildman–Crippen LogP) is 4.13. The number of benzene rings is 1. The van der Waals surface area contributed by atoms with Crippen molar-refractivity contribution in [2.24, 2.45) is 0 Å². The van der Waals surface area contributed by atoms with E-state index < -0.39 is 0 Å². The molecule has 0 aliphatic carbocycles. The number of rotatable bonds is 3. The SMILES string of the molecule is CCCC(=O)c1cc2ccc3c(c2o1)OC(C)(C)C3. The molecule has 1 aromatic carbocycles. The van der Waals surface area contributed by atoms with Gasteiger partial charge in [0.15, 0.2) is 22.9 Å². The molecule has 0 saturated carbocycles. The Bertz CT molecular complexity index is 649. The molecular formula is C16H18O3. The molecule has 0 fully saturated rings. The summed E-state index contributed by atoms with van der Waals surface area (Å²) in [6.45, 7) is 6.11. The van der Waals surface area contributed by atoms with E-state index >= 15 is 0 Å². The molecular weight excluding hydrogens is 240 g/mol. The largest absolute Gasteiger partial charge is 0.483 e. The Kier molecular flexibility index (Phi) is 2.66. The summed E-state index contributed by atoms with van der Waals surface area (Å²) in [5.41, 5.74) is 1.67. The number of ether oxygens (including phenoxy) is 1. The third-order valence-corrected chi connectivity index (χ3v) is 3.47. The second-order valence-electron chi connectivity index (χ2n) is 5.79. The number of hydrogen-bond acceptors (Lipinski definition) is 3. The maximum Gasteiger partial charge on any atom is 0.198 e. The zero-order chi connectivity index (χ0) is 13.6. The van der Waals surface area contributed by atoms with Gasteiger partial charge in [-0.2, -0.15) is 0 Å². The van der Waals surface area contributed by atoms with Gasteiger partial charge in [0.05, 0.1) is 0 Å². The fourth-order valence-electron chi connectivity index (χ4n) is 2.63. The fraction of sp³-hybridized carbons (Fsp3) is 0.438.